The van der Waals surface area contributed by atoms with Gasteiger partial charge in [0.25, 0.3) is 0 Å². The van der Waals surface area contributed by atoms with Gasteiger partial charge < -0.3 is 39.4 Å². The quantitative estimate of drug-likeness (QED) is 0.0336. The van der Waals surface area contributed by atoms with E-state index in [0.29, 0.717) is 45.4 Å². The van der Waals surface area contributed by atoms with Gasteiger partial charge in [0.1, 0.15) is 24.4 Å². The highest BCUT2D eigenvalue weighted by molar-refractivity contribution is 5.83. The molecule has 0 aliphatic carbocycles. The zero-order valence-electron chi connectivity index (χ0n) is 76.2. The van der Waals surface area contributed by atoms with Crippen molar-refractivity contribution in [3.8, 4) is 0 Å². The SMILES string of the molecule is CCCCCCCCCC[C@@H](CC)OC(=O)CCCCCN(CCCCCCCC(=O)OC(CCCCCCCC)CCCCCCCC)CCNC(=O)CCC(=O)NCCN(CCCCCCC(C)(C)C(=O)OC(CCCCCCCC)CCCCCCCC)CCCCCC(=O)O[C@H](CC)CCCCCCCCCC. The van der Waals surface area contributed by atoms with E-state index in [1.54, 1.807) is 0 Å². The zero-order chi connectivity index (χ0) is 82.1. The average molecular weight is 1580 g/mol. The van der Waals surface area contributed by atoms with Gasteiger partial charge in [-0.25, -0.2) is 0 Å². The maximum atomic E-state index is 13.8. The normalized spacial score (nSPS) is 12.4. The van der Waals surface area contributed by atoms with Crippen LogP contribution in [-0.2, 0) is 47.7 Å². The number of rotatable bonds is 89. The Kier molecular flexibility index (Phi) is 80.4. The molecule has 0 aliphatic heterocycles. The molecule has 662 valence electrons. The van der Waals surface area contributed by atoms with Crippen molar-refractivity contribution >= 4 is 35.7 Å². The smallest absolute Gasteiger partial charge is 0.311 e. The molecule has 14 heteroatoms. The van der Waals surface area contributed by atoms with Gasteiger partial charge in [-0.05, 0) is 181 Å². The first-order valence-electron chi connectivity index (χ1n) is 49.4. The second-order valence-corrected chi connectivity index (χ2v) is 35.0. The Morgan fingerprint density at radius 3 is 0.759 bits per heavy atom. The molecule has 2 atom stereocenters. The van der Waals surface area contributed by atoms with Crippen molar-refractivity contribution in [1.29, 1.82) is 0 Å². The zero-order valence-corrected chi connectivity index (χ0v) is 76.2. The van der Waals surface area contributed by atoms with Crippen LogP contribution >= 0.6 is 0 Å². The summed E-state index contributed by atoms with van der Waals surface area (Å²) in [6.45, 7) is 28.0. The third-order valence-corrected chi connectivity index (χ3v) is 23.6. The van der Waals surface area contributed by atoms with E-state index in [1.807, 2.05) is 0 Å². The lowest BCUT2D eigenvalue weighted by atomic mass is 9.86. The fraction of sp³-hybridized carbons (Fsp3) is 0.939. The minimum Gasteiger partial charge on any atom is -0.462 e. The Hall–Kier alpha value is -3.26. The number of amides is 2. The first-order chi connectivity index (χ1) is 54.6. The highest BCUT2D eigenvalue weighted by atomic mass is 16.6. The van der Waals surface area contributed by atoms with E-state index in [-0.39, 0.29) is 72.9 Å². The van der Waals surface area contributed by atoms with Gasteiger partial charge in [0, 0.05) is 58.3 Å². The van der Waals surface area contributed by atoms with E-state index in [9.17, 15) is 28.8 Å². The number of nitrogens with zero attached hydrogens (tertiary/aromatic N) is 2. The van der Waals surface area contributed by atoms with Crippen molar-refractivity contribution in [2.75, 3.05) is 52.4 Å². The highest BCUT2D eigenvalue weighted by Gasteiger charge is 2.31. The van der Waals surface area contributed by atoms with Gasteiger partial charge in [-0.1, -0.05) is 325 Å². The third-order valence-electron chi connectivity index (χ3n) is 23.6. The van der Waals surface area contributed by atoms with Gasteiger partial charge in [-0.15, -0.1) is 0 Å². The number of hydrogen-bond donors (Lipinski definition) is 2. The molecule has 0 heterocycles. The first-order valence-corrected chi connectivity index (χ1v) is 49.4. The number of esters is 4. The molecular weight excluding hydrogens is 1390 g/mol. The predicted octanol–water partition coefficient (Wildman–Crippen LogP) is 27.6. The summed E-state index contributed by atoms with van der Waals surface area (Å²) in [7, 11) is 0. The standard InChI is InChI=1S/C98H190N4O10/c1-11-19-25-31-37-39-46-54-68-88(17-7)109-94(105)75-61-52-66-84-101(82-64-50-41-48-60-74-96(107)111-90(70-56-42-33-27-21-13-3)71-57-43-34-28-22-14-4)86-80-99-92(103)77-78-93(104)100-81-87-102(85-67-53-62-76-95(106)110-89(18-8)69-55-47-40-38-32-26-20-12-2)83-65-51-49-63-79-98(9,10)97(108)112-91(72-58-44-35-29-23-15-5)73-59-45-36-30-24-16-6/h88-91H,11-87H2,1-10H3,(H,99,103)(H,100,104)/t88-,89-/m1/s1. The third kappa shape index (κ3) is 73.1. The minimum atomic E-state index is -0.525. The van der Waals surface area contributed by atoms with Crippen LogP contribution in [0, 0.1) is 5.41 Å². The van der Waals surface area contributed by atoms with Gasteiger partial charge in [-0.2, -0.15) is 0 Å². The Morgan fingerprint density at radius 1 is 0.250 bits per heavy atom. The van der Waals surface area contributed by atoms with Crippen molar-refractivity contribution in [2.45, 2.75) is 537 Å². The lowest BCUT2D eigenvalue weighted by molar-refractivity contribution is -0.161. The molecule has 0 saturated carbocycles. The fourth-order valence-electron chi connectivity index (χ4n) is 15.7. The van der Waals surface area contributed by atoms with Crippen molar-refractivity contribution in [3.63, 3.8) is 0 Å². The average Bonchev–Trinajstić information content (AvgIpc) is 0.870. The summed E-state index contributed by atoms with van der Waals surface area (Å²) in [6, 6.07) is 0. The molecule has 0 aromatic heterocycles. The van der Waals surface area contributed by atoms with E-state index in [0.717, 1.165) is 219 Å². The fourth-order valence-corrected chi connectivity index (χ4v) is 15.7. The molecule has 0 radical (unpaired) electrons. The van der Waals surface area contributed by atoms with Crippen LogP contribution in [0.4, 0.5) is 0 Å². The van der Waals surface area contributed by atoms with E-state index in [4.69, 9.17) is 18.9 Å². The summed E-state index contributed by atoms with van der Waals surface area (Å²) in [6.07, 6.45) is 74.8. The lowest BCUT2D eigenvalue weighted by Crippen LogP contribution is -2.37. The second-order valence-electron chi connectivity index (χ2n) is 35.0. The summed E-state index contributed by atoms with van der Waals surface area (Å²) < 4.78 is 24.4. The maximum Gasteiger partial charge on any atom is 0.311 e. The molecule has 0 aliphatic rings. The molecule has 0 spiro atoms. The van der Waals surface area contributed by atoms with Gasteiger partial charge >= 0.3 is 23.9 Å². The van der Waals surface area contributed by atoms with Crippen LogP contribution in [0.1, 0.15) is 512 Å². The summed E-state index contributed by atoms with van der Waals surface area (Å²) >= 11 is 0. The lowest BCUT2D eigenvalue weighted by Gasteiger charge is -2.27. The Balaban J connectivity index is 5.67. The van der Waals surface area contributed by atoms with Crippen LogP contribution < -0.4 is 10.6 Å². The van der Waals surface area contributed by atoms with Crippen LogP contribution in [-0.4, -0.2) is 122 Å². The monoisotopic (exact) mass is 1580 g/mol. The van der Waals surface area contributed by atoms with Crippen molar-refractivity contribution in [2.24, 2.45) is 5.41 Å². The number of ether oxygens (including phenoxy) is 4. The topological polar surface area (TPSA) is 170 Å². The second kappa shape index (κ2) is 82.8. The molecule has 0 rings (SSSR count). The summed E-state index contributed by atoms with van der Waals surface area (Å²) in [4.78, 5) is 84.6. The number of unbranched alkanes of at least 4 members (excludes halogenated alkanes) is 45. The number of carbonyl (C=O) groups excluding carboxylic acids is 6. The Morgan fingerprint density at radius 2 is 0.473 bits per heavy atom. The molecule has 0 saturated heterocycles. The predicted molar refractivity (Wildman–Crippen MR) is 476 cm³/mol. The van der Waals surface area contributed by atoms with Gasteiger partial charge in [-0.3, -0.25) is 28.8 Å². The first kappa shape index (κ1) is 109. The van der Waals surface area contributed by atoms with Crippen LogP contribution in [0.5, 0.6) is 0 Å². The summed E-state index contributed by atoms with van der Waals surface area (Å²) in [5.41, 5.74) is -0.525. The van der Waals surface area contributed by atoms with Crippen molar-refractivity contribution in [1.82, 2.24) is 20.4 Å². The molecule has 0 fully saturated rings. The minimum absolute atomic E-state index is 0.00728. The summed E-state index contributed by atoms with van der Waals surface area (Å²) in [5.74, 6) is -0.454. The van der Waals surface area contributed by atoms with Gasteiger partial charge in [0.2, 0.25) is 11.8 Å². The Labute approximate surface area is 694 Å². The van der Waals surface area contributed by atoms with Gasteiger partial charge in [0.05, 0.1) is 5.41 Å². The molecule has 112 heavy (non-hydrogen) atoms. The highest BCUT2D eigenvalue weighted by Crippen LogP contribution is 2.29. The van der Waals surface area contributed by atoms with E-state index in [2.05, 4.69) is 89.7 Å². The van der Waals surface area contributed by atoms with Crippen LogP contribution in [0.15, 0.2) is 0 Å². The molecule has 2 N–H and O–H groups in total. The molecule has 0 unspecified atom stereocenters. The van der Waals surface area contributed by atoms with Crippen LogP contribution in [0.25, 0.3) is 0 Å². The van der Waals surface area contributed by atoms with Crippen LogP contribution in [0.2, 0.25) is 0 Å². The molecule has 0 bridgehead atoms. The van der Waals surface area contributed by atoms with E-state index >= 15 is 0 Å². The molecular formula is C98H190N4O10. The van der Waals surface area contributed by atoms with E-state index < -0.39 is 5.41 Å². The molecule has 2 amide bonds. The molecule has 0 aromatic carbocycles. The van der Waals surface area contributed by atoms with E-state index in [1.165, 1.54) is 218 Å². The number of carbonyl (C=O) groups is 6. The number of hydrogen-bond acceptors (Lipinski definition) is 12. The maximum absolute atomic E-state index is 13.8. The summed E-state index contributed by atoms with van der Waals surface area (Å²) in [5, 5.41) is 6.26. The van der Waals surface area contributed by atoms with Crippen molar-refractivity contribution in [3.05, 3.63) is 0 Å². The largest absolute Gasteiger partial charge is 0.462 e. The van der Waals surface area contributed by atoms with Gasteiger partial charge in [0.15, 0.2) is 0 Å². The molecule has 14 nitrogen and oxygen atoms in total. The Bertz CT molecular complexity index is 2060. The van der Waals surface area contributed by atoms with Crippen molar-refractivity contribution < 1.29 is 47.7 Å². The van der Waals surface area contributed by atoms with Crippen LogP contribution in [0.3, 0.4) is 0 Å². The number of nitrogens with one attached hydrogen (secondary N) is 2. The molecule has 0 aromatic rings.